The molecular formula is C79H96ClF6N13O3. The molecule has 0 aliphatic carbocycles. The van der Waals surface area contributed by atoms with Gasteiger partial charge in [-0.05, 0) is 186 Å². The lowest BCUT2D eigenvalue weighted by Gasteiger charge is -2.35. The third-order valence-corrected chi connectivity index (χ3v) is 19.0. The van der Waals surface area contributed by atoms with Crippen molar-refractivity contribution in [2.75, 3.05) is 99.4 Å². The number of hydrogen-bond acceptors (Lipinski definition) is 10. The smallest absolute Gasteiger partial charge is 0.369 e. The first-order valence-corrected chi connectivity index (χ1v) is 35.8. The summed E-state index contributed by atoms with van der Waals surface area (Å²) in [5, 5.41) is 19.4. The number of carbonyl (C=O) groups is 3. The topological polar surface area (TPSA) is 158 Å². The highest BCUT2D eigenvalue weighted by Crippen LogP contribution is 2.33. The van der Waals surface area contributed by atoms with Gasteiger partial charge in [0.2, 0.25) is 5.91 Å². The van der Waals surface area contributed by atoms with Crippen LogP contribution in [0.25, 0.3) is 0 Å². The number of anilines is 4. The molecular weight excluding hydrogens is 1330 g/mol. The van der Waals surface area contributed by atoms with E-state index >= 15 is 0 Å². The average Bonchev–Trinajstić information content (AvgIpc) is 1.08. The molecule has 0 spiro atoms. The van der Waals surface area contributed by atoms with Crippen LogP contribution in [0.1, 0.15) is 103 Å². The van der Waals surface area contributed by atoms with Crippen LogP contribution < -0.4 is 31.5 Å². The zero-order valence-electron chi connectivity index (χ0n) is 58.5. The number of likely N-dealkylation sites (tertiary alicyclic amines) is 3. The first kappa shape index (κ1) is 77.4. The maximum absolute atomic E-state index is 12.8. The molecule has 4 aliphatic heterocycles. The second kappa shape index (κ2) is 39.0. The number of aromatic nitrogens is 3. The highest BCUT2D eigenvalue weighted by molar-refractivity contribution is 6.31. The van der Waals surface area contributed by atoms with E-state index in [2.05, 4.69) is 137 Å². The van der Waals surface area contributed by atoms with Gasteiger partial charge in [-0.2, -0.15) is 31.4 Å². The maximum Gasteiger partial charge on any atom is 0.416 e. The van der Waals surface area contributed by atoms with Crippen LogP contribution in [0.5, 0.6) is 0 Å². The molecule has 102 heavy (non-hydrogen) atoms. The number of pyridine rings is 1. The van der Waals surface area contributed by atoms with Gasteiger partial charge in [-0.15, -0.1) is 0 Å². The fourth-order valence-corrected chi connectivity index (χ4v) is 13.1. The van der Waals surface area contributed by atoms with Crippen LogP contribution in [0.15, 0.2) is 188 Å². The molecule has 6 aromatic carbocycles. The Kier molecular flexibility index (Phi) is 29.6. The summed E-state index contributed by atoms with van der Waals surface area (Å²) in [5.41, 5.74) is 7.34. The molecule has 5 amide bonds. The van der Waals surface area contributed by atoms with Crippen molar-refractivity contribution in [2.45, 2.75) is 123 Å². The van der Waals surface area contributed by atoms with Gasteiger partial charge in [0.25, 0.3) is 0 Å². The molecule has 0 bridgehead atoms. The number of rotatable bonds is 19. The van der Waals surface area contributed by atoms with Crippen molar-refractivity contribution < 1.29 is 40.7 Å². The third kappa shape index (κ3) is 26.5. The Labute approximate surface area is 601 Å². The molecule has 4 aliphatic rings. The van der Waals surface area contributed by atoms with Gasteiger partial charge in [-0.25, -0.2) is 9.59 Å². The molecule has 4 saturated heterocycles. The van der Waals surface area contributed by atoms with Crippen LogP contribution in [-0.2, 0) is 43.2 Å². The van der Waals surface area contributed by atoms with Crippen molar-refractivity contribution in [1.82, 2.24) is 45.0 Å². The van der Waals surface area contributed by atoms with E-state index in [1.807, 2.05) is 66.6 Å². The summed E-state index contributed by atoms with van der Waals surface area (Å²) in [7, 11) is 0. The lowest BCUT2D eigenvalue weighted by molar-refractivity contribution is -0.138. The van der Waals surface area contributed by atoms with Gasteiger partial charge < -0.3 is 31.1 Å². The highest BCUT2D eigenvalue weighted by Gasteiger charge is 2.32. The largest absolute Gasteiger partial charge is 0.416 e. The van der Waals surface area contributed by atoms with Crippen molar-refractivity contribution in [1.29, 1.82) is 0 Å². The molecule has 6 heterocycles. The number of alkyl halides is 6. The molecule has 2 aromatic heterocycles. The van der Waals surface area contributed by atoms with Crippen LogP contribution in [-0.4, -0.2) is 143 Å². The Bertz CT molecular complexity index is 3840. The Hall–Kier alpha value is -8.80. The number of aryl methyl sites for hydroxylation is 3. The number of nitrogens with one attached hydrogen (secondary N) is 5. The molecule has 0 radical (unpaired) electrons. The third-order valence-electron chi connectivity index (χ3n) is 18.6. The minimum atomic E-state index is -4.42. The first-order chi connectivity index (χ1) is 49.1. The molecule has 23 heteroatoms. The predicted molar refractivity (Wildman–Crippen MR) is 395 cm³/mol. The van der Waals surface area contributed by atoms with Crippen molar-refractivity contribution in [3.8, 4) is 0 Å². The molecule has 5 N–H and O–H groups in total. The van der Waals surface area contributed by atoms with Crippen molar-refractivity contribution >= 4 is 52.5 Å². The Balaban J connectivity index is 0.000000159. The molecule has 8 aromatic rings. The number of carbonyl (C=O) groups excluding carboxylic acids is 3. The van der Waals surface area contributed by atoms with E-state index < -0.39 is 23.5 Å². The summed E-state index contributed by atoms with van der Waals surface area (Å²) in [6, 6.07) is 52.9. The minimum Gasteiger partial charge on any atom is -0.369 e. The van der Waals surface area contributed by atoms with E-state index in [-0.39, 0.29) is 42.3 Å². The fraction of sp³-hybridized carbons (Fsp3) is 0.405. The number of piperidine rings is 3. The lowest BCUT2D eigenvalue weighted by atomic mass is 9.90. The quantitative estimate of drug-likeness (QED) is 0.0494. The SMILES string of the molecule is CCCN1CCC(NC(=O)Nc2ccc(C)c(Cl)c2)CC1.Cc1cccc(N2CCN(CC(=O)Nc3cccc(C(F)(F)F)c3)CC2)c1.FC(F)(F)c1cccc(CCC2CCN(Cc3ccccc3)CC2)c1.O=C(Nc1ccn(Cc2ccccn2)n1)NC1CCN(Cc2ccccc2)CC1. The zero-order valence-corrected chi connectivity index (χ0v) is 59.3. The van der Waals surface area contributed by atoms with Crippen LogP contribution in [0.2, 0.25) is 5.02 Å². The summed E-state index contributed by atoms with van der Waals surface area (Å²) < 4.78 is 78.4. The van der Waals surface area contributed by atoms with Crippen molar-refractivity contribution in [2.24, 2.45) is 5.92 Å². The van der Waals surface area contributed by atoms with Gasteiger partial charge in [-0.3, -0.25) is 34.5 Å². The summed E-state index contributed by atoms with van der Waals surface area (Å²) >= 11 is 6.06. The number of halogens is 7. The Morgan fingerprint density at radius 3 is 1.67 bits per heavy atom. The van der Waals surface area contributed by atoms with Gasteiger partial charge in [0, 0.05) is 118 Å². The number of benzene rings is 6. The molecule has 12 rings (SSSR count). The van der Waals surface area contributed by atoms with Crippen LogP contribution in [0.4, 0.5) is 58.8 Å². The van der Waals surface area contributed by atoms with Crippen LogP contribution in [0.3, 0.4) is 0 Å². The average molecular weight is 1430 g/mol. The molecule has 0 unspecified atom stereocenters. The summed E-state index contributed by atoms with van der Waals surface area (Å²) in [6.45, 7) is 19.3. The number of nitrogens with zero attached hydrogens (tertiary/aromatic N) is 8. The normalized spacial score (nSPS) is 16.0. The van der Waals surface area contributed by atoms with Crippen LogP contribution in [0, 0.1) is 19.8 Å². The summed E-state index contributed by atoms with van der Waals surface area (Å²) in [6.07, 6.45) is 4.01. The summed E-state index contributed by atoms with van der Waals surface area (Å²) in [4.78, 5) is 52.4. The van der Waals surface area contributed by atoms with E-state index in [1.165, 1.54) is 53.1 Å². The van der Waals surface area contributed by atoms with E-state index in [0.29, 0.717) is 23.3 Å². The number of amides is 5. The van der Waals surface area contributed by atoms with Gasteiger partial charge in [0.15, 0.2) is 5.82 Å². The highest BCUT2D eigenvalue weighted by atomic mass is 35.5. The Morgan fingerprint density at radius 2 is 1.08 bits per heavy atom. The van der Waals surface area contributed by atoms with Gasteiger partial charge in [0.1, 0.15) is 0 Å². The Morgan fingerprint density at radius 1 is 0.520 bits per heavy atom. The summed E-state index contributed by atoms with van der Waals surface area (Å²) in [5.74, 6) is 0.847. The van der Waals surface area contributed by atoms with Crippen molar-refractivity contribution in [3.05, 3.63) is 238 Å². The molecule has 544 valence electrons. The fourth-order valence-electron chi connectivity index (χ4n) is 12.9. The van der Waals surface area contributed by atoms with Crippen molar-refractivity contribution in [3.63, 3.8) is 0 Å². The second-order valence-electron chi connectivity index (χ2n) is 26.7. The molecule has 0 atom stereocenters. The van der Waals surface area contributed by atoms with Gasteiger partial charge >= 0.3 is 24.4 Å². The van der Waals surface area contributed by atoms with E-state index in [1.54, 1.807) is 29.1 Å². The zero-order chi connectivity index (χ0) is 72.3. The predicted octanol–water partition coefficient (Wildman–Crippen LogP) is 16.1. The van der Waals surface area contributed by atoms with Gasteiger partial charge in [-0.1, -0.05) is 128 Å². The maximum atomic E-state index is 12.8. The molecule has 0 saturated carbocycles. The lowest BCUT2D eigenvalue weighted by Crippen LogP contribution is -2.48. The van der Waals surface area contributed by atoms with E-state index in [0.717, 1.165) is 177 Å². The van der Waals surface area contributed by atoms with E-state index in [4.69, 9.17) is 11.6 Å². The first-order valence-electron chi connectivity index (χ1n) is 35.4. The molecule has 4 fully saturated rings. The minimum absolute atomic E-state index is 0.149. The number of urea groups is 2. The van der Waals surface area contributed by atoms with E-state index in [9.17, 15) is 40.7 Å². The standard InChI is InChI=1S/C22H26N6O.C21H24F3N.C20H22F3N3O.C16H24ClN3O/c29-22(25-21-11-15-28(26-21)17-20-8-4-5-12-23-20)24-19-9-13-27(14-10-19)16-18-6-2-1-3-7-18;22-21(23,24)20-8-4-7-18(15-20)10-9-17-11-13-25(14-12-17)16-19-5-2-1-3-6-19;1-15-4-2-7-18(12-15)26-10-8-25(9-11-26)14-19(27)24-17-6-3-5-16(13-17)20(21,22)23;1-3-8-20-9-6-13(7-10-20)18-16(21)19-14-5-4-12(2)15(17)11-14/h1-8,11-12,15,19H,9-10,13-14,16-17H2,(H2,24,25,26,29);1-8,15,17H,9-14,16H2;2-7,12-13H,8-11,14H2,1H3,(H,24,27);4-5,11,13H,3,6-10H2,1-2H3,(H2,18,19,21). The monoisotopic (exact) mass is 1420 g/mol. The molecule has 16 nitrogen and oxygen atoms in total. The van der Waals surface area contributed by atoms with Crippen LogP contribution >= 0.6 is 11.6 Å². The number of hydrogen-bond donors (Lipinski definition) is 5. The number of piperazine rings is 1. The second-order valence-corrected chi connectivity index (χ2v) is 27.1. The van der Waals surface area contributed by atoms with Gasteiger partial charge in [0.05, 0.1) is 29.9 Å².